The lowest BCUT2D eigenvalue weighted by Gasteiger charge is -2.32. The molecule has 2 rings (SSSR count). The fraction of sp³-hybridized carbons (Fsp3) is 0.368. The minimum absolute atomic E-state index is 0.181. The molecule has 0 aliphatic carbocycles. The summed E-state index contributed by atoms with van der Waals surface area (Å²) in [7, 11) is 0. The summed E-state index contributed by atoms with van der Waals surface area (Å²) in [6.45, 7) is 2.21. The highest BCUT2D eigenvalue weighted by molar-refractivity contribution is 9.09. The summed E-state index contributed by atoms with van der Waals surface area (Å²) >= 11 is 7.52. The predicted molar refractivity (Wildman–Crippen MR) is 99.8 cm³/mol. The van der Waals surface area contributed by atoms with Crippen LogP contribution in [0.1, 0.15) is 29.5 Å². The van der Waals surface area contributed by atoms with Crippen LogP contribution in [0, 0.1) is 6.92 Å². The van der Waals surface area contributed by atoms with E-state index in [9.17, 15) is 0 Å². The highest BCUT2D eigenvalue weighted by atomic mass is 79.9. The van der Waals surface area contributed by atoms with E-state index in [1.54, 1.807) is 0 Å². The van der Waals surface area contributed by atoms with Crippen molar-refractivity contribution in [2.75, 3.05) is 10.7 Å². The molecule has 0 saturated carbocycles. The minimum Gasteiger partial charge on any atom is -0.0918 e. The Morgan fingerprint density at radius 3 is 2.10 bits per heavy atom. The summed E-state index contributed by atoms with van der Waals surface area (Å²) in [4.78, 5) is 0. The van der Waals surface area contributed by atoms with E-state index >= 15 is 0 Å². The van der Waals surface area contributed by atoms with Gasteiger partial charge in [0.25, 0.3) is 0 Å². The van der Waals surface area contributed by atoms with Gasteiger partial charge in [-0.3, -0.25) is 0 Å². The summed E-state index contributed by atoms with van der Waals surface area (Å²) < 4.78 is 0. The summed E-state index contributed by atoms with van der Waals surface area (Å²) in [6, 6.07) is 19.5. The molecule has 0 heterocycles. The van der Waals surface area contributed by atoms with Crippen molar-refractivity contribution in [1.82, 2.24) is 0 Å². The standard InChI is InChI=1S/C19H22Br2/c1-16-8-5-6-12-18(16)19(14-20,15-21)13-7-11-17-9-3-2-4-10-17/h2-6,8-10,12H,7,11,13-15H2,1H3. The van der Waals surface area contributed by atoms with Crippen LogP contribution >= 0.6 is 31.9 Å². The Morgan fingerprint density at radius 2 is 1.48 bits per heavy atom. The summed E-state index contributed by atoms with van der Waals surface area (Å²) in [6.07, 6.45) is 3.53. The predicted octanol–water partition coefficient (Wildman–Crippen LogP) is 6.05. The van der Waals surface area contributed by atoms with Gasteiger partial charge in [0.1, 0.15) is 0 Å². The van der Waals surface area contributed by atoms with E-state index < -0.39 is 0 Å². The summed E-state index contributed by atoms with van der Waals surface area (Å²) in [5.41, 5.74) is 4.46. The van der Waals surface area contributed by atoms with E-state index in [1.165, 1.54) is 29.5 Å². The smallest absolute Gasteiger partial charge is 0.0149 e. The molecule has 0 bridgehead atoms. The maximum Gasteiger partial charge on any atom is 0.0149 e. The van der Waals surface area contributed by atoms with Crippen molar-refractivity contribution in [2.45, 2.75) is 31.6 Å². The average molecular weight is 410 g/mol. The molecule has 0 radical (unpaired) electrons. The number of aryl methyl sites for hydroxylation is 2. The number of rotatable bonds is 7. The molecule has 2 aromatic rings. The normalized spacial score (nSPS) is 11.6. The molecule has 0 nitrogen and oxygen atoms in total. The quantitative estimate of drug-likeness (QED) is 0.488. The van der Waals surface area contributed by atoms with Gasteiger partial charge < -0.3 is 0 Å². The Morgan fingerprint density at radius 1 is 0.857 bits per heavy atom. The molecule has 0 atom stereocenters. The van der Waals surface area contributed by atoms with Crippen molar-refractivity contribution >= 4 is 31.9 Å². The van der Waals surface area contributed by atoms with Crippen molar-refractivity contribution in [1.29, 1.82) is 0 Å². The van der Waals surface area contributed by atoms with Crippen LogP contribution in [0.25, 0.3) is 0 Å². The Labute approximate surface area is 145 Å². The molecule has 112 valence electrons. The molecule has 0 unspecified atom stereocenters. The maximum absolute atomic E-state index is 3.76. The second-order valence-electron chi connectivity index (χ2n) is 5.70. The van der Waals surface area contributed by atoms with Gasteiger partial charge in [-0.1, -0.05) is 86.5 Å². The van der Waals surface area contributed by atoms with E-state index in [2.05, 4.69) is 93.4 Å². The molecule has 0 aliphatic heterocycles. The van der Waals surface area contributed by atoms with Crippen LogP contribution in [0.3, 0.4) is 0 Å². The number of hydrogen-bond acceptors (Lipinski definition) is 0. The van der Waals surface area contributed by atoms with Crippen LogP contribution in [0.5, 0.6) is 0 Å². The van der Waals surface area contributed by atoms with E-state index in [0.717, 1.165) is 17.1 Å². The highest BCUT2D eigenvalue weighted by Crippen LogP contribution is 2.36. The summed E-state index contributed by atoms with van der Waals surface area (Å²) in [5, 5.41) is 1.98. The molecule has 0 saturated heterocycles. The second kappa shape index (κ2) is 8.14. The molecule has 2 heteroatoms. The van der Waals surface area contributed by atoms with Crippen LogP contribution in [-0.2, 0) is 11.8 Å². The van der Waals surface area contributed by atoms with Gasteiger partial charge in [-0.2, -0.15) is 0 Å². The third-order valence-electron chi connectivity index (χ3n) is 4.19. The molecule has 0 aliphatic rings. The van der Waals surface area contributed by atoms with Crippen molar-refractivity contribution in [3.63, 3.8) is 0 Å². The number of halogens is 2. The van der Waals surface area contributed by atoms with Crippen LogP contribution in [-0.4, -0.2) is 10.7 Å². The first kappa shape index (κ1) is 16.8. The average Bonchev–Trinajstić information content (AvgIpc) is 2.54. The molecular formula is C19H22Br2. The lowest BCUT2D eigenvalue weighted by molar-refractivity contribution is 0.481. The Kier molecular flexibility index (Phi) is 6.50. The highest BCUT2D eigenvalue weighted by Gasteiger charge is 2.30. The minimum atomic E-state index is 0.181. The van der Waals surface area contributed by atoms with Crippen LogP contribution in [0.2, 0.25) is 0 Å². The molecule has 21 heavy (non-hydrogen) atoms. The largest absolute Gasteiger partial charge is 0.0918 e. The third-order valence-corrected chi connectivity index (χ3v) is 6.34. The number of hydrogen-bond donors (Lipinski definition) is 0. The molecule has 2 aromatic carbocycles. The van der Waals surface area contributed by atoms with Gasteiger partial charge >= 0.3 is 0 Å². The van der Waals surface area contributed by atoms with Gasteiger partial charge in [-0.05, 0) is 42.9 Å². The van der Waals surface area contributed by atoms with E-state index in [4.69, 9.17) is 0 Å². The van der Waals surface area contributed by atoms with Crippen molar-refractivity contribution in [3.05, 3.63) is 71.3 Å². The van der Waals surface area contributed by atoms with Crippen molar-refractivity contribution < 1.29 is 0 Å². The van der Waals surface area contributed by atoms with Gasteiger partial charge in [0.05, 0.1) is 0 Å². The maximum atomic E-state index is 3.76. The van der Waals surface area contributed by atoms with Gasteiger partial charge in [0.2, 0.25) is 0 Å². The van der Waals surface area contributed by atoms with Crippen molar-refractivity contribution in [2.24, 2.45) is 0 Å². The van der Waals surface area contributed by atoms with E-state index in [-0.39, 0.29) is 5.41 Å². The van der Waals surface area contributed by atoms with E-state index in [1.807, 2.05) is 0 Å². The van der Waals surface area contributed by atoms with Gasteiger partial charge in [0, 0.05) is 16.1 Å². The van der Waals surface area contributed by atoms with Crippen molar-refractivity contribution in [3.8, 4) is 0 Å². The van der Waals surface area contributed by atoms with Crippen LogP contribution in [0.15, 0.2) is 54.6 Å². The zero-order valence-electron chi connectivity index (χ0n) is 12.5. The van der Waals surface area contributed by atoms with Gasteiger partial charge in [0.15, 0.2) is 0 Å². The van der Waals surface area contributed by atoms with Gasteiger partial charge in [-0.15, -0.1) is 0 Å². The first-order valence-corrected chi connectivity index (χ1v) is 9.68. The van der Waals surface area contributed by atoms with E-state index in [0.29, 0.717) is 0 Å². The molecule has 0 N–H and O–H groups in total. The number of benzene rings is 2. The Bertz CT molecular complexity index is 545. The number of alkyl halides is 2. The fourth-order valence-electron chi connectivity index (χ4n) is 2.89. The topological polar surface area (TPSA) is 0 Å². The van der Waals surface area contributed by atoms with Crippen LogP contribution in [0.4, 0.5) is 0 Å². The zero-order chi connectivity index (χ0) is 15.1. The van der Waals surface area contributed by atoms with Crippen LogP contribution < -0.4 is 0 Å². The lowest BCUT2D eigenvalue weighted by Crippen LogP contribution is -2.31. The lowest BCUT2D eigenvalue weighted by atomic mass is 9.78. The summed E-state index contributed by atoms with van der Waals surface area (Å²) in [5.74, 6) is 0. The monoisotopic (exact) mass is 408 g/mol. The second-order valence-corrected chi connectivity index (χ2v) is 6.82. The molecule has 0 spiro atoms. The first-order valence-electron chi connectivity index (χ1n) is 7.44. The SMILES string of the molecule is Cc1ccccc1C(CBr)(CBr)CCCc1ccccc1. The molecule has 0 fully saturated rings. The first-order chi connectivity index (χ1) is 10.2. The molecule has 0 amide bonds. The third kappa shape index (κ3) is 4.20. The zero-order valence-corrected chi connectivity index (χ0v) is 15.7. The fourth-order valence-corrected chi connectivity index (χ4v) is 4.98. The Balaban J connectivity index is 2.10. The molecular weight excluding hydrogens is 388 g/mol. The molecule has 0 aromatic heterocycles. The Hall–Kier alpha value is -0.600. The van der Waals surface area contributed by atoms with Gasteiger partial charge in [-0.25, -0.2) is 0 Å².